The first-order valence-electron chi connectivity index (χ1n) is 8.37. The van der Waals surface area contributed by atoms with Gasteiger partial charge in [0.05, 0.1) is 23.0 Å². The number of benzene rings is 3. The lowest BCUT2D eigenvalue weighted by molar-refractivity contribution is 0.415. The molecular weight excluding hydrogens is 340 g/mol. The highest BCUT2D eigenvalue weighted by Gasteiger charge is 2.06. The van der Waals surface area contributed by atoms with Crippen LogP contribution in [-0.4, -0.2) is 18.3 Å². The smallest absolute Gasteiger partial charge is 0.124 e. The SMILES string of the molecule is COc1cccc(C=Nc2ccc(-c3nc4ccc(C)cc4s3)cc2)c1. The van der Waals surface area contributed by atoms with Gasteiger partial charge >= 0.3 is 0 Å². The number of hydrogen-bond acceptors (Lipinski definition) is 4. The van der Waals surface area contributed by atoms with Crippen molar-refractivity contribution >= 4 is 33.5 Å². The van der Waals surface area contributed by atoms with Gasteiger partial charge in [0, 0.05) is 11.8 Å². The van der Waals surface area contributed by atoms with Gasteiger partial charge in [-0.15, -0.1) is 11.3 Å². The van der Waals surface area contributed by atoms with Gasteiger partial charge in [-0.05, 0) is 66.6 Å². The fraction of sp³-hybridized carbons (Fsp3) is 0.0909. The highest BCUT2D eigenvalue weighted by molar-refractivity contribution is 7.21. The van der Waals surface area contributed by atoms with Crippen molar-refractivity contribution in [2.45, 2.75) is 6.92 Å². The summed E-state index contributed by atoms with van der Waals surface area (Å²) in [5.74, 6) is 0.829. The van der Waals surface area contributed by atoms with Crippen LogP contribution in [0.5, 0.6) is 5.75 Å². The van der Waals surface area contributed by atoms with Crippen LogP contribution in [0.2, 0.25) is 0 Å². The molecule has 26 heavy (non-hydrogen) atoms. The molecule has 0 N–H and O–H groups in total. The number of aromatic nitrogens is 1. The first-order chi connectivity index (χ1) is 12.7. The second-order valence-corrected chi connectivity index (χ2v) is 7.10. The molecule has 0 fully saturated rings. The Hall–Kier alpha value is -2.98. The Morgan fingerprint density at radius 2 is 1.85 bits per heavy atom. The number of methoxy groups -OCH3 is 1. The molecule has 0 unspecified atom stereocenters. The fourth-order valence-electron chi connectivity index (χ4n) is 2.72. The van der Waals surface area contributed by atoms with Gasteiger partial charge in [0.15, 0.2) is 0 Å². The van der Waals surface area contributed by atoms with Crippen LogP contribution < -0.4 is 4.74 Å². The minimum atomic E-state index is 0.829. The van der Waals surface area contributed by atoms with E-state index in [0.29, 0.717) is 0 Å². The number of nitrogens with zero attached hydrogens (tertiary/aromatic N) is 2. The van der Waals surface area contributed by atoms with E-state index in [1.165, 1.54) is 10.3 Å². The van der Waals surface area contributed by atoms with Crippen LogP contribution in [0.4, 0.5) is 5.69 Å². The molecule has 3 aromatic carbocycles. The van der Waals surface area contributed by atoms with Crippen LogP contribution in [0.3, 0.4) is 0 Å². The topological polar surface area (TPSA) is 34.5 Å². The summed E-state index contributed by atoms with van der Waals surface area (Å²) in [5.41, 5.74) is 5.35. The predicted molar refractivity (Wildman–Crippen MR) is 110 cm³/mol. The molecule has 1 heterocycles. The van der Waals surface area contributed by atoms with Gasteiger partial charge in [0.1, 0.15) is 10.8 Å². The van der Waals surface area contributed by atoms with Gasteiger partial charge < -0.3 is 4.74 Å². The third kappa shape index (κ3) is 3.51. The third-order valence-electron chi connectivity index (χ3n) is 4.11. The van der Waals surface area contributed by atoms with Crippen molar-refractivity contribution in [1.29, 1.82) is 0 Å². The van der Waals surface area contributed by atoms with Gasteiger partial charge in [-0.2, -0.15) is 0 Å². The Morgan fingerprint density at radius 1 is 1.00 bits per heavy atom. The van der Waals surface area contributed by atoms with E-state index >= 15 is 0 Å². The van der Waals surface area contributed by atoms with E-state index in [1.807, 2.05) is 42.6 Å². The lowest BCUT2D eigenvalue weighted by Crippen LogP contribution is -1.85. The minimum Gasteiger partial charge on any atom is -0.497 e. The molecule has 0 bridgehead atoms. The maximum absolute atomic E-state index is 5.24. The molecule has 0 aliphatic carbocycles. The Labute approximate surface area is 156 Å². The van der Waals surface area contributed by atoms with Crippen molar-refractivity contribution in [1.82, 2.24) is 4.98 Å². The number of aliphatic imine (C=N–C) groups is 1. The van der Waals surface area contributed by atoms with E-state index in [0.717, 1.165) is 33.1 Å². The summed E-state index contributed by atoms with van der Waals surface area (Å²) in [5, 5.41) is 1.04. The number of fused-ring (bicyclic) bond motifs is 1. The van der Waals surface area contributed by atoms with E-state index < -0.39 is 0 Å². The van der Waals surface area contributed by atoms with Gasteiger partial charge in [-0.1, -0.05) is 18.2 Å². The van der Waals surface area contributed by atoms with Crippen molar-refractivity contribution in [3.63, 3.8) is 0 Å². The van der Waals surface area contributed by atoms with Crippen molar-refractivity contribution in [2.24, 2.45) is 4.99 Å². The summed E-state index contributed by atoms with van der Waals surface area (Å²) in [6.07, 6.45) is 1.85. The summed E-state index contributed by atoms with van der Waals surface area (Å²) >= 11 is 1.72. The quantitative estimate of drug-likeness (QED) is 0.417. The second-order valence-electron chi connectivity index (χ2n) is 6.07. The lowest BCUT2D eigenvalue weighted by atomic mass is 10.2. The zero-order chi connectivity index (χ0) is 17.9. The molecule has 4 rings (SSSR count). The first kappa shape index (κ1) is 16.5. The van der Waals surface area contributed by atoms with Crippen LogP contribution in [0.15, 0.2) is 71.7 Å². The molecule has 0 saturated carbocycles. The van der Waals surface area contributed by atoms with Crippen LogP contribution in [0.25, 0.3) is 20.8 Å². The molecule has 0 spiro atoms. The Balaban J connectivity index is 1.56. The highest BCUT2D eigenvalue weighted by atomic mass is 32.1. The van der Waals surface area contributed by atoms with Gasteiger partial charge in [0.25, 0.3) is 0 Å². The second kappa shape index (κ2) is 7.10. The van der Waals surface area contributed by atoms with Gasteiger partial charge in [-0.25, -0.2) is 4.98 Å². The third-order valence-corrected chi connectivity index (χ3v) is 5.18. The normalized spacial score (nSPS) is 11.3. The van der Waals surface area contributed by atoms with E-state index in [4.69, 9.17) is 9.72 Å². The molecule has 3 nitrogen and oxygen atoms in total. The predicted octanol–water partition coefficient (Wildman–Crippen LogP) is 6.03. The molecular formula is C22H18N2OS. The number of thiazole rings is 1. The standard InChI is InChI=1S/C22H18N2OS/c1-15-6-11-20-21(12-15)26-22(24-20)17-7-9-18(10-8-17)23-14-16-4-3-5-19(13-16)25-2/h3-14H,1-2H3. The molecule has 1 aromatic heterocycles. The van der Waals surface area contributed by atoms with Crippen LogP contribution >= 0.6 is 11.3 Å². The molecule has 0 saturated heterocycles. The van der Waals surface area contributed by atoms with Gasteiger partial charge in [-0.3, -0.25) is 4.99 Å². The van der Waals surface area contributed by atoms with Crippen LogP contribution in [-0.2, 0) is 0 Å². The summed E-state index contributed by atoms with van der Waals surface area (Å²) in [4.78, 5) is 9.28. The maximum Gasteiger partial charge on any atom is 0.124 e. The molecule has 4 heteroatoms. The zero-order valence-electron chi connectivity index (χ0n) is 14.6. The Kier molecular flexibility index (Phi) is 4.50. The number of aryl methyl sites for hydroxylation is 1. The maximum atomic E-state index is 5.24. The zero-order valence-corrected chi connectivity index (χ0v) is 15.5. The van der Waals surface area contributed by atoms with Crippen molar-refractivity contribution in [3.8, 4) is 16.3 Å². The van der Waals surface area contributed by atoms with Crippen LogP contribution in [0, 0.1) is 6.92 Å². The Bertz CT molecular complexity index is 1080. The minimum absolute atomic E-state index is 0.829. The highest BCUT2D eigenvalue weighted by Crippen LogP contribution is 2.31. The number of hydrogen-bond donors (Lipinski definition) is 0. The van der Waals surface area contributed by atoms with E-state index in [9.17, 15) is 0 Å². The fourth-order valence-corrected chi connectivity index (χ4v) is 3.79. The lowest BCUT2D eigenvalue weighted by Gasteiger charge is -2.00. The molecule has 0 radical (unpaired) electrons. The molecule has 0 atom stereocenters. The van der Waals surface area contributed by atoms with Crippen molar-refractivity contribution in [2.75, 3.05) is 7.11 Å². The summed E-state index contributed by atoms with van der Waals surface area (Å²) < 4.78 is 6.46. The molecule has 0 aliphatic rings. The largest absolute Gasteiger partial charge is 0.497 e. The average molecular weight is 358 g/mol. The molecule has 128 valence electrons. The monoisotopic (exact) mass is 358 g/mol. The average Bonchev–Trinajstić information content (AvgIpc) is 3.10. The molecule has 0 aliphatic heterocycles. The molecule has 0 amide bonds. The van der Waals surface area contributed by atoms with Crippen molar-refractivity contribution in [3.05, 3.63) is 77.9 Å². The summed E-state index contributed by atoms with van der Waals surface area (Å²) in [7, 11) is 1.67. The molecule has 4 aromatic rings. The first-order valence-corrected chi connectivity index (χ1v) is 9.19. The van der Waals surface area contributed by atoms with E-state index in [1.54, 1.807) is 18.4 Å². The number of rotatable bonds is 4. The van der Waals surface area contributed by atoms with E-state index in [-0.39, 0.29) is 0 Å². The van der Waals surface area contributed by atoms with E-state index in [2.05, 4.69) is 42.2 Å². The van der Waals surface area contributed by atoms with Gasteiger partial charge in [0.2, 0.25) is 0 Å². The van der Waals surface area contributed by atoms with Crippen LogP contribution in [0.1, 0.15) is 11.1 Å². The van der Waals surface area contributed by atoms with Crippen molar-refractivity contribution < 1.29 is 4.74 Å². The Morgan fingerprint density at radius 3 is 2.65 bits per heavy atom. The number of ether oxygens (including phenoxy) is 1. The summed E-state index contributed by atoms with van der Waals surface area (Å²) in [6, 6.07) is 22.4. The summed E-state index contributed by atoms with van der Waals surface area (Å²) in [6.45, 7) is 2.11.